The highest BCUT2D eigenvalue weighted by Gasteiger charge is 2.27. The number of rotatable bonds is 6. The Labute approximate surface area is 152 Å². The van der Waals surface area contributed by atoms with Gasteiger partial charge >= 0.3 is 5.97 Å². The Balaban J connectivity index is 2.05. The fourth-order valence-electron chi connectivity index (χ4n) is 3.14. The Morgan fingerprint density at radius 3 is 2.62 bits per heavy atom. The lowest BCUT2D eigenvalue weighted by Gasteiger charge is -2.30. The van der Waals surface area contributed by atoms with Crippen LogP contribution in [0.1, 0.15) is 49.9 Å². The van der Waals surface area contributed by atoms with Crippen LogP contribution in [0.5, 0.6) is 0 Å². The Kier molecular flexibility index (Phi) is 6.54. The summed E-state index contributed by atoms with van der Waals surface area (Å²) in [7, 11) is 1.60. The van der Waals surface area contributed by atoms with Crippen LogP contribution in [0.2, 0.25) is 0 Å². The van der Waals surface area contributed by atoms with Gasteiger partial charge in [0.2, 0.25) is 0 Å². The molecular weight excluding hydrogens is 338 g/mol. The molecule has 8 heteroatoms. The van der Waals surface area contributed by atoms with E-state index in [4.69, 9.17) is 4.74 Å². The summed E-state index contributed by atoms with van der Waals surface area (Å²) in [6.07, 6.45) is 3.24. The molecule has 0 radical (unpaired) electrons. The summed E-state index contributed by atoms with van der Waals surface area (Å²) < 4.78 is 5.24. The highest BCUT2D eigenvalue weighted by atomic mass is 16.6. The minimum Gasteiger partial charge on any atom is -0.449 e. The number of benzene rings is 1. The van der Waals surface area contributed by atoms with Gasteiger partial charge in [0.1, 0.15) is 0 Å². The molecule has 142 valence electrons. The molecule has 0 aliphatic heterocycles. The molecular formula is C18H25N3O5. The monoisotopic (exact) mass is 363 g/mol. The van der Waals surface area contributed by atoms with Crippen LogP contribution >= 0.6 is 0 Å². The maximum Gasteiger partial charge on any atom is 0.341 e. The van der Waals surface area contributed by atoms with Crippen LogP contribution in [-0.4, -0.2) is 36.0 Å². The number of nitro benzene ring substituents is 1. The molecule has 1 aliphatic carbocycles. The van der Waals surface area contributed by atoms with E-state index in [1.54, 1.807) is 7.05 Å². The number of amides is 1. The molecule has 2 N–H and O–H groups in total. The summed E-state index contributed by atoms with van der Waals surface area (Å²) in [5, 5.41) is 16.7. The maximum absolute atomic E-state index is 12.4. The smallest absolute Gasteiger partial charge is 0.341 e. The Morgan fingerprint density at radius 2 is 2.00 bits per heavy atom. The van der Waals surface area contributed by atoms with Crippen molar-refractivity contribution in [1.82, 2.24) is 5.32 Å². The van der Waals surface area contributed by atoms with E-state index in [0.29, 0.717) is 11.6 Å². The van der Waals surface area contributed by atoms with Crippen molar-refractivity contribution in [2.24, 2.45) is 5.92 Å². The van der Waals surface area contributed by atoms with Crippen LogP contribution in [0.4, 0.5) is 11.4 Å². The van der Waals surface area contributed by atoms with E-state index in [1.807, 2.05) is 0 Å². The molecule has 0 aromatic heterocycles. The summed E-state index contributed by atoms with van der Waals surface area (Å²) >= 11 is 0. The predicted octanol–water partition coefficient (Wildman–Crippen LogP) is 2.88. The van der Waals surface area contributed by atoms with E-state index in [-0.39, 0.29) is 23.2 Å². The molecule has 1 amide bonds. The number of non-ortho nitro benzene ring substituents is 1. The van der Waals surface area contributed by atoms with E-state index in [1.165, 1.54) is 19.1 Å². The first-order valence-electron chi connectivity index (χ1n) is 8.81. The molecule has 1 aromatic rings. The second-order valence-electron chi connectivity index (χ2n) is 6.66. The van der Waals surface area contributed by atoms with Gasteiger partial charge in [-0.05, 0) is 31.7 Å². The van der Waals surface area contributed by atoms with Crippen molar-refractivity contribution in [3.63, 3.8) is 0 Å². The second-order valence-corrected chi connectivity index (χ2v) is 6.66. The van der Waals surface area contributed by atoms with Crippen LogP contribution < -0.4 is 10.6 Å². The Morgan fingerprint density at radius 1 is 1.31 bits per heavy atom. The Hall–Kier alpha value is -2.64. The largest absolute Gasteiger partial charge is 0.449 e. The van der Waals surface area contributed by atoms with Crippen molar-refractivity contribution in [3.8, 4) is 0 Å². The lowest BCUT2D eigenvalue weighted by Crippen LogP contribution is -2.46. The SMILES string of the molecule is CNc1ccc([N+](=O)[O-])cc1C(=O)O[C@H](C)C(=O)N[C@H]1CCCC[C@H]1C. The predicted molar refractivity (Wildman–Crippen MR) is 97.1 cm³/mol. The van der Waals surface area contributed by atoms with E-state index < -0.39 is 17.0 Å². The molecule has 0 spiro atoms. The molecule has 0 bridgehead atoms. The first kappa shape index (κ1) is 19.7. The molecule has 0 unspecified atom stereocenters. The van der Waals surface area contributed by atoms with E-state index >= 15 is 0 Å². The normalized spacial score (nSPS) is 20.7. The zero-order valence-corrected chi connectivity index (χ0v) is 15.3. The van der Waals surface area contributed by atoms with Crippen molar-refractivity contribution >= 4 is 23.3 Å². The van der Waals surface area contributed by atoms with Gasteiger partial charge in [0, 0.05) is 30.9 Å². The number of anilines is 1. The Bertz CT molecular complexity index is 691. The van der Waals surface area contributed by atoms with Gasteiger partial charge in [-0.1, -0.05) is 19.8 Å². The van der Waals surface area contributed by atoms with Gasteiger partial charge in [-0.2, -0.15) is 0 Å². The standard InChI is InChI=1S/C18H25N3O5/c1-11-6-4-5-7-15(11)20-17(22)12(2)26-18(23)14-10-13(21(24)25)8-9-16(14)19-3/h8-12,15,19H,4-7H2,1-3H3,(H,20,22)/t11-,12-,15+/m1/s1. The number of hydrogen-bond donors (Lipinski definition) is 2. The molecule has 1 aliphatic rings. The number of carbonyl (C=O) groups excluding carboxylic acids is 2. The first-order valence-corrected chi connectivity index (χ1v) is 8.81. The number of nitrogens with one attached hydrogen (secondary N) is 2. The molecule has 26 heavy (non-hydrogen) atoms. The summed E-state index contributed by atoms with van der Waals surface area (Å²) in [6, 6.07) is 3.96. The molecule has 3 atom stereocenters. The van der Waals surface area contributed by atoms with Crippen molar-refractivity contribution < 1.29 is 19.2 Å². The lowest BCUT2D eigenvalue weighted by atomic mass is 9.86. The van der Waals surface area contributed by atoms with E-state index in [0.717, 1.165) is 31.7 Å². The van der Waals surface area contributed by atoms with Crippen molar-refractivity contribution in [2.45, 2.75) is 51.7 Å². The average molecular weight is 363 g/mol. The third-order valence-corrected chi connectivity index (χ3v) is 4.80. The molecule has 1 saturated carbocycles. The zero-order valence-electron chi connectivity index (χ0n) is 15.3. The number of nitrogens with zero attached hydrogens (tertiary/aromatic N) is 1. The number of nitro groups is 1. The van der Waals surface area contributed by atoms with Gasteiger partial charge in [0.15, 0.2) is 6.10 Å². The molecule has 0 heterocycles. The molecule has 1 fully saturated rings. The van der Waals surface area contributed by atoms with Gasteiger partial charge in [-0.15, -0.1) is 0 Å². The highest BCUT2D eigenvalue weighted by Crippen LogP contribution is 2.25. The average Bonchev–Trinajstić information content (AvgIpc) is 2.62. The highest BCUT2D eigenvalue weighted by molar-refractivity contribution is 5.98. The number of hydrogen-bond acceptors (Lipinski definition) is 6. The summed E-state index contributed by atoms with van der Waals surface area (Å²) in [5.74, 6) is -0.741. The second kappa shape index (κ2) is 8.64. The fourth-order valence-corrected chi connectivity index (χ4v) is 3.14. The summed E-state index contributed by atoms with van der Waals surface area (Å²) in [4.78, 5) is 35.1. The first-order chi connectivity index (χ1) is 12.3. The van der Waals surface area contributed by atoms with E-state index in [2.05, 4.69) is 17.6 Å². The molecule has 8 nitrogen and oxygen atoms in total. The number of esters is 1. The van der Waals surface area contributed by atoms with Gasteiger partial charge in [-0.25, -0.2) is 4.79 Å². The van der Waals surface area contributed by atoms with Crippen molar-refractivity contribution in [3.05, 3.63) is 33.9 Å². The van der Waals surface area contributed by atoms with Crippen LogP contribution in [0.3, 0.4) is 0 Å². The summed E-state index contributed by atoms with van der Waals surface area (Å²) in [5.41, 5.74) is 0.200. The quantitative estimate of drug-likeness (QED) is 0.457. The number of ether oxygens (including phenoxy) is 1. The summed E-state index contributed by atoms with van der Waals surface area (Å²) in [6.45, 7) is 3.60. The molecule has 2 rings (SSSR count). The van der Waals surface area contributed by atoms with Gasteiger partial charge in [-0.3, -0.25) is 14.9 Å². The molecule has 0 saturated heterocycles. The van der Waals surface area contributed by atoms with Crippen LogP contribution in [0.25, 0.3) is 0 Å². The van der Waals surface area contributed by atoms with Gasteiger partial charge in [0.25, 0.3) is 11.6 Å². The fraction of sp³-hybridized carbons (Fsp3) is 0.556. The number of carbonyl (C=O) groups is 2. The van der Waals surface area contributed by atoms with Crippen molar-refractivity contribution in [2.75, 3.05) is 12.4 Å². The zero-order chi connectivity index (χ0) is 19.3. The van der Waals surface area contributed by atoms with Crippen LogP contribution in [-0.2, 0) is 9.53 Å². The van der Waals surface area contributed by atoms with E-state index in [9.17, 15) is 19.7 Å². The van der Waals surface area contributed by atoms with Gasteiger partial charge < -0.3 is 15.4 Å². The lowest BCUT2D eigenvalue weighted by molar-refractivity contribution is -0.384. The van der Waals surface area contributed by atoms with Crippen LogP contribution in [0.15, 0.2) is 18.2 Å². The topological polar surface area (TPSA) is 111 Å². The third kappa shape index (κ3) is 4.71. The van der Waals surface area contributed by atoms with Crippen LogP contribution in [0, 0.1) is 16.0 Å². The molecule has 1 aromatic carbocycles. The van der Waals surface area contributed by atoms with Crippen molar-refractivity contribution in [1.29, 1.82) is 0 Å². The maximum atomic E-state index is 12.4. The third-order valence-electron chi connectivity index (χ3n) is 4.80. The minimum absolute atomic E-state index is 0.0207. The minimum atomic E-state index is -0.986. The van der Waals surface area contributed by atoms with Gasteiger partial charge in [0.05, 0.1) is 10.5 Å².